The fourth-order valence-corrected chi connectivity index (χ4v) is 4.34. The molecule has 1 aromatic carbocycles. The van der Waals surface area contributed by atoms with Gasteiger partial charge >= 0.3 is 5.97 Å². The van der Waals surface area contributed by atoms with E-state index in [1.54, 1.807) is 0 Å². The van der Waals surface area contributed by atoms with E-state index < -0.39 is 17.9 Å². The van der Waals surface area contributed by atoms with Crippen molar-refractivity contribution in [1.29, 1.82) is 0 Å². The van der Waals surface area contributed by atoms with Crippen molar-refractivity contribution >= 4 is 11.8 Å². The van der Waals surface area contributed by atoms with Gasteiger partial charge in [0.2, 0.25) is 5.78 Å². The minimum Gasteiger partial charge on any atom is -0.504 e. The predicted molar refractivity (Wildman–Crippen MR) is 109 cm³/mol. The van der Waals surface area contributed by atoms with Crippen LogP contribution in [0, 0.1) is 23.7 Å². The first-order valence-electron chi connectivity index (χ1n) is 10.5. The third-order valence-electron chi connectivity index (χ3n) is 6.05. The van der Waals surface area contributed by atoms with Crippen LogP contribution < -0.4 is 0 Å². The summed E-state index contributed by atoms with van der Waals surface area (Å²) in [6.45, 7) is 8.56. The molecule has 0 radical (unpaired) electrons. The number of esters is 1. The molecule has 1 aromatic rings. The van der Waals surface area contributed by atoms with Crippen LogP contribution in [-0.4, -0.2) is 23.0 Å². The molecule has 0 spiro atoms. The Balaban J connectivity index is 1.87. The Bertz CT molecular complexity index is 743. The van der Waals surface area contributed by atoms with Gasteiger partial charge < -0.3 is 9.84 Å². The zero-order chi connectivity index (χ0) is 20.4. The normalized spacial score (nSPS) is 22.6. The molecule has 152 valence electrons. The van der Waals surface area contributed by atoms with Crippen LogP contribution in [0.4, 0.5) is 0 Å². The summed E-state index contributed by atoms with van der Waals surface area (Å²) in [6, 6.07) is 9.65. The van der Waals surface area contributed by atoms with E-state index in [9.17, 15) is 14.7 Å². The number of benzene rings is 1. The van der Waals surface area contributed by atoms with Crippen LogP contribution in [0.15, 0.2) is 41.7 Å². The van der Waals surface area contributed by atoms with Gasteiger partial charge in [-0.2, -0.15) is 0 Å². The molecule has 1 fully saturated rings. The topological polar surface area (TPSA) is 63.6 Å². The van der Waals surface area contributed by atoms with E-state index in [1.165, 1.54) is 0 Å². The van der Waals surface area contributed by atoms with Gasteiger partial charge in [-0.05, 0) is 54.9 Å². The number of ketones is 1. The number of ether oxygens (including phenoxy) is 1. The summed E-state index contributed by atoms with van der Waals surface area (Å²) >= 11 is 0. The van der Waals surface area contributed by atoms with Crippen LogP contribution in [0.25, 0.3) is 0 Å². The van der Waals surface area contributed by atoms with Crippen molar-refractivity contribution in [2.75, 3.05) is 0 Å². The Morgan fingerprint density at radius 2 is 1.71 bits per heavy atom. The zero-order valence-electron chi connectivity index (χ0n) is 17.4. The molecule has 2 aliphatic rings. The van der Waals surface area contributed by atoms with Crippen molar-refractivity contribution in [3.05, 3.63) is 47.2 Å². The van der Waals surface area contributed by atoms with Gasteiger partial charge in [-0.3, -0.25) is 4.79 Å². The number of aliphatic hydroxyl groups is 1. The van der Waals surface area contributed by atoms with Gasteiger partial charge in [0.05, 0.1) is 5.57 Å². The van der Waals surface area contributed by atoms with E-state index in [1.807, 2.05) is 30.3 Å². The minimum absolute atomic E-state index is 0.153. The Morgan fingerprint density at radius 1 is 1.07 bits per heavy atom. The SMILES string of the molecule is CC(C)CC(CC1OC(=O)C(C(c2ccccc2)C2CC2)=C(O)C1=O)C(C)C. The van der Waals surface area contributed by atoms with Crippen LogP contribution in [0.5, 0.6) is 0 Å². The van der Waals surface area contributed by atoms with Gasteiger partial charge in [0.1, 0.15) is 0 Å². The van der Waals surface area contributed by atoms with Crippen LogP contribution >= 0.6 is 0 Å². The summed E-state index contributed by atoms with van der Waals surface area (Å²) in [5, 5.41) is 10.7. The lowest BCUT2D eigenvalue weighted by Gasteiger charge is -2.31. The lowest BCUT2D eigenvalue weighted by atomic mass is 9.80. The largest absolute Gasteiger partial charge is 0.504 e. The highest BCUT2D eigenvalue weighted by Crippen LogP contribution is 2.48. The number of hydrogen-bond donors (Lipinski definition) is 1. The summed E-state index contributed by atoms with van der Waals surface area (Å²) in [6.07, 6.45) is 2.54. The van der Waals surface area contributed by atoms with E-state index in [2.05, 4.69) is 27.7 Å². The number of Topliss-reactive ketones (excluding diaryl/α,β-unsaturated/α-hetero) is 1. The molecule has 1 aliphatic carbocycles. The van der Waals surface area contributed by atoms with E-state index >= 15 is 0 Å². The van der Waals surface area contributed by atoms with Crippen molar-refractivity contribution < 1.29 is 19.4 Å². The Labute approximate surface area is 168 Å². The number of carbonyl (C=O) groups excluding carboxylic acids is 2. The first kappa shape index (κ1) is 20.6. The second kappa shape index (κ2) is 8.50. The molecule has 28 heavy (non-hydrogen) atoms. The summed E-state index contributed by atoms with van der Waals surface area (Å²) in [4.78, 5) is 25.8. The molecule has 1 saturated carbocycles. The van der Waals surface area contributed by atoms with Gasteiger partial charge in [-0.15, -0.1) is 0 Å². The maximum Gasteiger partial charge on any atom is 0.339 e. The van der Waals surface area contributed by atoms with E-state index in [4.69, 9.17) is 4.74 Å². The molecule has 4 heteroatoms. The lowest BCUT2D eigenvalue weighted by molar-refractivity contribution is -0.156. The number of hydrogen-bond acceptors (Lipinski definition) is 4. The van der Waals surface area contributed by atoms with Gasteiger partial charge in [-0.1, -0.05) is 58.0 Å². The lowest BCUT2D eigenvalue weighted by Crippen LogP contribution is -2.39. The number of carbonyl (C=O) groups is 2. The molecular formula is C24H32O4. The fourth-order valence-electron chi connectivity index (χ4n) is 4.34. The van der Waals surface area contributed by atoms with Gasteiger partial charge in [0.25, 0.3) is 0 Å². The van der Waals surface area contributed by atoms with Crippen LogP contribution in [0.2, 0.25) is 0 Å². The van der Waals surface area contributed by atoms with Crippen LogP contribution in [-0.2, 0) is 14.3 Å². The predicted octanol–water partition coefficient (Wildman–Crippen LogP) is 5.20. The Morgan fingerprint density at radius 3 is 2.25 bits per heavy atom. The molecular weight excluding hydrogens is 352 g/mol. The number of aliphatic hydroxyl groups excluding tert-OH is 1. The van der Waals surface area contributed by atoms with E-state index in [0.717, 1.165) is 24.8 Å². The van der Waals surface area contributed by atoms with Crippen molar-refractivity contribution in [1.82, 2.24) is 0 Å². The van der Waals surface area contributed by atoms with Crippen molar-refractivity contribution in [3.63, 3.8) is 0 Å². The average Bonchev–Trinajstić information content (AvgIpc) is 3.47. The molecule has 3 unspecified atom stereocenters. The first-order chi connectivity index (χ1) is 13.3. The van der Waals surface area contributed by atoms with Crippen LogP contribution in [0.3, 0.4) is 0 Å². The summed E-state index contributed by atoms with van der Waals surface area (Å²) in [5.74, 6) is -0.196. The first-order valence-corrected chi connectivity index (χ1v) is 10.5. The Kier molecular flexibility index (Phi) is 6.26. The Hall–Kier alpha value is -2.10. The van der Waals surface area contributed by atoms with Crippen LogP contribution in [0.1, 0.15) is 64.9 Å². The zero-order valence-corrected chi connectivity index (χ0v) is 17.4. The molecule has 4 nitrogen and oxygen atoms in total. The quantitative estimate of drug-likeness (QED) is 0.626. The van der Waals surface area contributed by atoms with Crippen molar-refractivity contribution in [2.24, 2.45) is 23.7 Å². The van der Waals surface area contributed by atoms with Crippen molar-refractivity contribution in [2.45, 2.75) is 65.4 Å². The average molecular weight is 385 g/mol. The molecule has 0 saturated heterocycles. The molecule has 0 aromatic heterocycles. The number of rotatable bonds is 8. The summed E-state index contributed by atoms with van der Waals surface area (Å²) < 4.78 is 5.62. The summed E-state index contributed by atoms with van der Waals surface area (Å²) in [5.41, 5.74) is 1.11. The fraction of sp³-hybridized carbons (Fsp3) is 0.583. The van der Waals surface area contributed by atoms with Gasteiger partial charge in [-0.25, -0.2) is 4.79 Å². The highest BCUT2D eigenvalue weighted by atomic mass is 16.6. The second-order valence-corrected chi connectivity index (χ2v) is 9.12. The maximum absolute atomic E-state index is 12.9. The smallest absolute Gasteiger partial charge is 0.339 e. The third kappa shape index (κ3) is 4.48. The van der Waals surface area contributed by atoms with Crippen molar-refractivity contribution in [3.8, 4) is 0 Å². The van der Waals surface area contributed by atoms with E-state index in [0.29, 0.717) is 18.3 Å². The third-order valence-corrected chi connectivity index (χ3v) is 6.05. The van der Waals surface area contributed by atoms with Gasteiger partial charge in [0.15, 0.2) is 11.9 Å². The van der Waals surface area contributed by atoms with Gasteiger partial charge in [0, 0.05) is 5.92 Å². The molecule has 1 N–H and O–H groups in total. The highest BCUT2D eigenvalue weighted by Gasteiger charge is 2.45. The molecule has 1 heterocycles. The minimum atomic E-state index is -0.877. The molecule has 3 atom stereocenters. The standard InChI is InChI=1S/C24H32O4/c1-14(2)12-18(15(3)4)13-19-22(25)23(26)21(24(27)28-19)20(17-10-11-17)16-8-6-5-7-9-16/h5-9,14-15,17-20,26H,10-13H2,1-4H3. The van der Waals surface area contributed by atoms with E-state index in [-0.39, 0.29) is 29.1 Å². The molecule has 3 rings (SSSR count). The second-order valence-electron chi connectivity index (χ2n) is 9.12. The summed E-state index contributed by atoms with van der Waals surface area (Å²) in [7, 11) is 0. The number of cyclic esters (lactones) is 1. The molecule has 0 amide bonds. The monoisotopic (exact) mass is 384 g/mol. The maximum atomic E-state index is 12.9. The molecule has 1 aliphatic heterocycles. The molecule has 0 bridgehead atoms. The highest BCUT2D eigenvalue weighted by molar-refractivity contribution is 6.09.